The average Bonchev–Trinajstić information content (AvgIpc) is 3.09. The van der Waals surface area contributed by atoms with Crippen LogP contribution in [0.5, 0.6) is 0 Å². The lowest BCUT2D eigenvalue weighted by atomic mass is 9.91. The molecule has 0 spiro atoms. The molecular weight excluding hydrogens is 500 g/mol. The van der Waals surface area contributed by atoms with E-state index in [4.69, 9.17) is 28.8 Å². The first-order valence-electron chi connectivity index (χ1n) is 11.6. The van der Waals surface area contributed by atoms with Gasteiger partial charge < -0.3 is 4.90 Å². The average molecular weight is 525 g/mol. The molecule has 1 aromatic carbocycles. The highest BCUT2D eigenvalue weighted by Gasteiger charge is 2.34. The number of amides is 1. The minimum absolute atomic E-state index is 0.201. The van der Waals surface area contributed by atoms with Crippen LogP contribution in [0.2, 0.25) is 5.02 Å². The third kappa shape index (κ3) is 4.75. The van der Waals surface area contributed by atoms with Crippen LogP contribution in [0.3, 0.4) is 0 Å². The largest absolute Gasteiger partial charge is 0.355 e. The number of piperidine rings is 1. The molecular formula is C26H25ClN4O2S2. The zero-order valence-electron chi connectivity index (χ0n) is 19.5. The maximum Gasteiger partial charge on any atom is 0.267 e. The van der Waals surface area contributed by atoms with Crippen LogP contribution in [-0.2, 0) is 11.3 Å². The number of hydrogen-bond acceptors (Lipinski definition) is 6. The van der Waals surface area contributed by atoms with Crippen molar-refractivity contribution in [1.29, 1.82) is 0 Å². The van der Waals surface area contributed by atoms with Crippen molar-refractivity contribution in [1.82, 2.24) is 14.3 Å². The Bertz CT molecular complexity index is 1410. The van der Waals surface area contributed by atoms with E-state index in [9.17, 15) is 9.59 Å². The zero-order chi connectivity index (χ0) is 24.7. The lowest BCUT2D eigenvalue weighted by molar-refractivity contribution is -0.122. The van der Waals surface area contributed by atoms with Gasteiger partial charge in [-0.05, 0) is 48.1 Å². The van der Waals surface area contributed by atoms with Gasteiger partial charge in [-0.1, -0.05) is 73.7 Å². The molecule has 4 heterocycles. The van der Waals surface area contributed by atoms with Crippen LogP contribution in [0.4, 0.5) is 5.82 Å². The van der Waals surface area contributed by atoms with Gasteiger partial charge in [0.25, 0.3) is 11.5 Å². The molecule has 6 nitrogen and oxygen atoms in total. The lowest BCUT2D eigenvalue weighted by Crippen LogP contribution is -2.40. The molecule has 9 heteroatoms. The standard InChI is InChI=1S/C26H25ClN4O2S2/c1-16-11-17(2)14-29(13-16)23-19(24(32)30-10-6-5-9-22(30)28-23)12-21-25(33)31(26(34)35-21)15-18-7-3-4-8-20(18)27/h3-10,12,16-17H,11,13-15H2,1-2H3/b21-12-. The first kappa shape index (κ1) is 24.0. The molecule has 0 aliphatic carbocycles. The Morgan fingerprint density at radius 1 is 1.11 bits per heavy atom. The molecule has 0 N–H and O–H groups in total. The fraction of sp³-hybridized carbons (Fsp3) is 0.308. The quantitative estimate of drug-likeness (QED) is 0.344. The Hall–Kier alpha value is -2.68. The fourth-order valence-electron chi connectivity index (χ4n) is 4.86. The molecule has 2 aliphatic heterocycles. The Labute approximate surface area is 218 Å². The zero-order valence-corrected chi connectivity index (χ0v) is 21.9. The van der Waals surface area contributed by atoms with E-state index in [1.54, 1.807) is 24.4 Å². The summed E-state index contributed by atoms with van der Waals surface area (Å²) in [6.45, 7) is 6.35. The Balaban J connectivity index is 1.57. The number of aromatic nitrogens is 2. The van der Waals surface area contributed by atoms with Crippen LogP contribution in [0.25, 0.3) is 11.7 Å². The second kappa shape index (κ2) is 9.76. The second-order valence-corrected chi connectivity index (χ2v) is 11.4. The molecule has 5 rings (SSSR count). The van der Waals surface area contributed by atoms with E-state index in [2.05, 4.69) is 18.7 Å². The summed E-state index contributed by atoms with van der Waals surface area (Å²) in [4.78, 5) is 36.0. The molecule has 180 valence electrons. The number of fused-ring (bicyclic) bond motifs is 1. The highest BCUT2D eigenvalue weighted by atomic mass is 35.5. The maximum absolute atomic E-state index is 13.6. The van der Waals surface area contributed by atoms with E-state index in [1.807, 2.05) is 30.3 Å². The topological polar surface area (TPSA) is 57.9 Å². The van der Waals surface area contributed by atoms with Gasteiger partial charge in [0, 0.05) is 24.3 Å². The first-order valence-corrected chi connectivity index (χ1v) is 13.2. The van der Waals surface area contributed by atoms with E-state index in [0.29, 0.717) is 43.1 Å². The highest BCUT2D eigenvalue weighted by molar-refractivity contribution is 8.26. The number of pyridine rings is 1. The number of benzene rings is 1. The number of rotatable bonds is 4. The summed E-state index contributed by atoms with van der Waals surface area (Å²) >= 11 is 13.0. The summed E-state index contributed by atoms with van der Waals surface area (Å²) in [5.74, 6) is 1.35. The van der Waals surface area contributed by atoms with Gasteiger partial charge in [0.15, 0.2) is 0 Å². The van der Waals surface area contributed by atoms with E-state index in [0.717, 1.165) is 25.1 Å². The normalized spacial score (nSPS) is 22.0. The van der Waals surface area contributed by atoms with Gasteiger partial charge in [-0.25, -0.2) is 4.98 Å². The van der Waals surface area contributed by atoms with Crippen molar-refractivity contribution < 1.29 is 4.79 Å². The number of thioether (sulfide) groups is 1. The Morgan fingerprint density at radius 2 is 1.83 bits per heavy atom. The van der Waals surface area contributed by atoms with Gasteiger partial charge in [-0.15, -0.1) is 0 Å². The van der Waals surface area contributed by atoms with E-state index < -0.39 is 0 Å². The van der Waals surface area contributed by atoms with Crippen molar-refractivity contribution in [3.05, 3.63) is 80.1 Å². The van der Waals surface area contributed by atoms with Gasteiger partial charge >= 0.3 is 0 Å². The number of thiocarbonyl (C=S) groups is 1. The predicted molar refractivity (Wildman–Crippen MR) is 147 cm³/mol. The number of carbonyl (C=O) groups is 1. The minimum Gasteiger partial charge on any atom is -0.355 e. The first-order chi connectivity index (χ1) is 16.8. The molecule has 3 aromatic rings. The van der Waals surface area contributed by atoms with Crippen molar-refractivity contribution in [2.24, 2.45) is 11.8 Å². The number of hydrogen-bond donors (Lipinski definition) is 0. The number of anilines is 1. The van der Waals surface area contributed by atoms with Crippen LogP contribution < -0.4 is 10.5 Å². The molecule has 35 heavy (non-hydrogen) atoms. The Kier molecular flexibility index (Phi) is 6.70. The summed E-state index contributed by atoms with van der Waals surface area (Å²) in [5.41, 5.74) is 1.61. The SMILES string of the molecule is CC1CC(C)CN(c2nc3ccccn3c(=O)c2/C=C2\SC(=S)N(Cc3ccccc3Cl)C2=O)C1. The monoisotopic (exact) mass is 524 g/mol. The third-order valence-electron chi connectivity index (χ3n) is 6.35. The summed E-state index contributed by atoms with van der Waals surface area (Å²) in [6.07, 6.45) is 4.51. The molecule has 0 saturated carbocycles. The predicted octanol–water partition coefficient (Wildman–Crippen LogP) is 5.23. The van der Waals surface area contributed by atoms with E-state index in [-0.39, 0.29) is 18.0 Å². The Morgan fingerprint density at radius 3 is 2.57 bits per heavy atom. The van der Waals surface area contributed by atoms with Gasteiger partial charge in [0.2, 0.25) is 0 Å². The molecule has 2 aromatic heterocycles. The van der Waals surface area contributed by atoms with Gasteiger partial charge in [0.1, 0.15) is 15.8 Å². The van der Waals surface area contributed by atoms with Crippen LogP contribution in [0.1, 0.15) is 31.4 Å². The van der Waals surface area contributed by atoms with Crippen molar-refractivity contribution in [2.75, 3.05) is 18.0 Å². The molecule has 1 amide bonds. The van der Waals surface area contributed by atoms with Crippen LogP contribution in [0, 0.1) is 11.8 Å². The summed E-state index contributed by atoms with van der Waals surface area (Å²) in [6, 6.07) is 12.9. The third-order valence-corrected chi connectivity index (χ3v) is 8.10. The molecule has 0 radical (unpaired) electrons. The smallest absolute Gasteiger partial charge is 0.267 e. The van der Waals surface area contributed by atoms with Crippen molar-refractivity contribution in [3.63, 3.8) is 0 Å². The number of nitrogens with zero attached hydrogens (tertiary/aromatic N) is 4. The van der Waals surface area contributed by atoms with Crippen molar-refractivity contribution in [2.45, 2.75) is 26.8 Å². The van der Waals surface area contributed by atoms with E-state index >= 15 is 0 Å². The van der Waals surface area contributed by atoms with Crippen molar-refractivity contribution >= 4 is 63.3 Å². The van der Waals surface area contributed by atoms with Gasteiger partial charge in [-0.2, -0.15) is 0 Å². The van der Waals surface area contributed by atoms with Crippen LogP contribution in [0.15, 0.2) is 58.4 Å². The molecule has 2 saturated heterocycles. The summed E-state index contributed by atoms with van der Waals surface area (Å²) in [7, 11) is 0. The molecule has 2 atom stereocenters. The minimum atomic E-state index is -0.233. The summed E-state index contributed by atoms with van der Waals surface area (Å²) in [5, 5.41) is 0.582. The highest BCUT2D eigenvalue weighted by Crippen LogP contribution is 2.36. The van der Waals surface area contributed by atoms with E-state index in [1.165, 1.54) is 21.1 Å². The number of carbonyl (C=O) groups excluding carboxylic acids is 1. The second-order valence-electron chi connectivity index (χ2n) is 9.29. The maximum atomic E-state index is 13.6. The van der Waals surface area contributed by atoms with Crippen LogP contribution in [-0.4, -0.2) is 37.6 Å². The molecule has 0 bridgehead atoms. The molecule has 2 aliphatic rings. The molecule has 2 fully saturated rings. The summed E-state index contributed by atoms with van der Waals surface area (Å²) < 4.78 is 1.97. The molecule has 2 unspecified atom stereocenters. The number of halogens is 1. The van der Waals surface area contributed by atoms with Gasteiger partial charge in [0.05, 0.1) is 17.0 Å². The fourth-order valence-corrected chi connectivity index (χ4v) is 6.29. The van der Waals surface area contributed by atoms with Crippen molar-refractivity contribution in [3.8, 4) is 0 Å². The van der Waals surface area contributed by atoms with Gasteiger partial charge in [-0.3, -0.25) is 18.9 Å². The lowest BCUT2D eigenvalue weighted by Gasteiger charge is -2.36. The van der Waals surface area contributed by atoms with Crippen LogP contribution >= 0.6 is 35.6 Å².